The highest BCUT2D eigenvalue weighted by Crippen LogP contribution is 2.17. The molecule has 10 heteroatoms. The fourth-order valence-corrected chi connectivity index (χ4v) is 3.19. The van der Waals surface area contributed by atoms with Crippen LogP contribution in [-0.2, 0) is 11.2 Å². The predicted molar refractivity (Wildman–Crippen MR) is 137 cm³/mol. The highest BCUT2D eigenvalue weighted by molar-refractivity contribution is 7.15. The number of amides is 3. The molecule has 0 radical (unpaired) electrons. The third-order valence-corrected chi connectivity index (χ3v) is 4.80. The van der Waals surface area contributed by atoms with Crippen molar-refractivity contribution in [1.82, 2.24) is 20.8 Å². The molecule has 9 nitrogen and oxygen atoms in total. The normalized spacial score (nSPS) is 12.2. The number of nitrogens with one attached hydrogen (secondary N) is 3. The van der Waals surface area contributed by atoms with Crippen LogP contribution >= 0.6 is 11.3 Å². The zero-order valence-corrected chi connectivity index (χ0v) is 21.2. The molecule has 0 bridgehead atoms. The van der Waals surface area contributed by atoms with Crippen molar-refractivity contribution in [2.24, 2.45) is 11.5 Å². The number of aromatic nitrogens is 2. The largest absolute Gasteiger partial charge is 0.402 e. The Morgan fingerprint density at radius 1 is 1.09 bits per heavy atom. The molecule has 1 rings (SSSR count). The minimum absolute atomic E-state index is 0.169. The summed E-state index contributed by atoms with van der Waals surface area (Å²) in [6.45, 7) is 10.2. The van der Waals surface area contributed by atoms with E-state index < -0.39 is 0 Å². The Balaban J connectivity index is 0.00000497. The number of unbranched alkanes of at least 4 members (excludes halogenated alkanes) is 1. The lowest BCUT2D eigenvalue weighted by Crippen LogP contribution is -2.28. The number of nitrogens with zero attached hydrogens (tertiary/aromatic N) is 2. The van der Waals surface area contributed by atoms with Crippen LogP contribution in [0, 0.1) is 0 Å². The van der Waals surface area contributed by atoms with Crippen LogP contribution in [0.4, 0.5) is 9.93 Å². The lowest BCUT2D eigenvalue weighted by molar-refractivity contribution is -0.119. The first kappa shape index (κ1) is 29.9. The second-order valence-corrected chi connectivity index (χ2v) is 7.88. The molecule has 0 unspecified atom stereocenters. The summed E-state index contributed by atoms with van der Waals surface area (Å²) in [4.78, 5) is 23.4. The minimum Gasteiger partial charge on any atom is -0.402 e. The molecule has 0 saturated carbocycles. The van der Waals surface area contributed by atoms with E-state index in [2.05, 4.69) is 26.1 Å². The average molecular weight is 478 g/mol. The van der Waals surface area contributed by atoms with Crippen LogP contribution in [0.25, 0.3) is 0 Å². The summed E-state index contributed by atoms with van der Waals surface area (Å²) in [5.74, 6) is 0.0878. The molecule has 0 aliphatic rings. The van der Waals surface area contributed by atoms with Gasteiger partial charge in [0.15, 0.2) is 0 Å². The Hall–Kier alpha value is -3.14. The average Bonchev–Trinajstić information content (AvgIpc) is 3.22. The maximum absolute atomic E-state index is 11.9. The molecule has 1 aromatic heterocycles. The van der Waals surface area contributed by atoms with Crippen molar-refractivity contribution in [2.75, 3.05) is 11.9 Å². The number of hydrogen-bond donors (Lipinski definition) is 5. The Labute approximate surface area is 201 Å². The number of carbonyl (C=O) groups is 2. The summed E-state index contributed by atoms with van der Waals surface area (Å²) in [7, 11) is 0. The SMILES string of the molecule is C/C=C\C=C(/C)CC(=O)N/C(N)=C/C=C(\N)CCCCc1nnc(NC(=O)NCC)s1.CC. The Morgan fingerprint density at radius 2 is 1.82 bits per heavy atom. The maximum atomic E-state index is 11.9. The van der Waals surface area contributed by atoms with E-state index in [1.165, 1.54) is 11.3 Å². The van der Waals surface area contributed by atoms with Gasteiger partial charge in [-0.15, -0.1) is 10.2 Å². The molecule has 33 heavy (non-hydrogen) atoms. The molecule has 184 valence electrons. The van der Waals surface area contributed by atoms with E-state index in [-0.39, 0.29) is 24.2 Å². The third kappa shape index (κ3) is 15.3. The van der Waals surface area contributed by atoms with Gasteiger partial charge in [-0.05, 0) is 52.2 Å². The first-order chi connectivity index (χ1) is 15.8. The molecule has 0 atom stereocenters. The molecule has 0 aliphatic carbocycles. The van der Waals surface area contributed by atoms with Gasteiger partial charge in [0.1, 0.15) is 10.8 Å². The number of anilines is 1. The molecule has 7 N–H and O–H groups in total. The van der Waals surface area contributed by atoms with Crippen LogP contribution in [0.2, 0.25) is 0 Å². The van der Waals surface area contributed by atoms with E-state index in [4.69, 9.17) is 11.5 Å². The van der Waals surface area contributed by atoms with Gasteiger partial charge in [-0.25, -0.2) is 4.79 Å². The highest BCUT2D eigenvalue weighted by atomic mass is 32.1. The van der Waals surface area contributed by atoms with Gasteiger partial charge >= 0.3 is 6.03 Å². The maximum Gasteiger partial charge on any atom is 0.321 e. The summed E-state index contributed by atoms with van der Waals surface area (Å²) in [5.41, 5.74) is 13.5. The van der Waals surface area contributed by atoms with E-state index in [1.54, 1.807) is 12.2 Å². The molecular formula is C23H39N7O2S. The number of allylic oxidation sites excluding steroid dienone is 6. The zero-order valence-electron chi connectivity index (χ0n) is 20.4. The molecule has 0 spiro atoms. The van der Waals surface area contributed by atoms with Crippen molar-refractivity contribution in [3.8, 4) is 0 Å². The second-order valence-electron chi connectivity index (χ2n) is 6.82. The third-order valence-electron chi connectivity index (χ3n) is 3.90. The molecular weight excluding hydrogens is 438 g/mol. The smallest absolute Gasteiger partial charge is 0.321 e. The van der Waals surface area contributed by atoms with E-state index in [9.17, 15) is 9.59 Å². The molecule has 3 amide bonds. The van der Waals surface area contributed by atoms with E-state index in [0.717, 1.165) is 29.8 Å². The Morgan fingerprint density at radius 3 is 2.48 bits per heavy atom. The molecule has 0 aromatic carbocycles. The lowest BCUT2D eigenvalue weighted by atomic mass is 10.1. The summed E-state index contributed by atoms with van der Waals surface area (Å²) in [5, 5.41) is 17.3. The van der Waals surface area contributed by atoms with Crippen molar-refractivity contribution in [1.29, 1.82) is 0 Å². The molecule has 1 heterocycles. The van der Waals surface area contributed by atoms with Crippen LogP contribution in [-0.4, -0.2) is 28.7 Å². The summed E-state index contributed by atoms with van der Waals surface area (Å²) < 4.78 is 0. The van der Waals surface area contributed by atoms with Crippen molar-refractivity contribution in [3.05, 3.63) is 52.5 Å². The zero-order chi connectivity index (χ0) is 25.1. The van der Waals surface area contributed by atoms with Crippen molar-refractivity contribution in [2.45, 2.75) is 66.7 Å². The van der Waals surface area contributed by atoms with Gasteiger partial charge in [0.05, 0.1) is 0 Å². The number of hydrogen-bond acceptors (Lipinski definition) is 7. The van der Waals surface area contributed by atoms with Gasteiger partial charge in [0.25, 0.3) is 0 Å². The first-order valence-corrected chi connectivity index (χ1v) is 12.0. The van der Waals surface area contributed by atoms with Gasteiger partial charge in [-0.3, -0.25) is 10.1 Å². The Bertz CT molecular complexity index is 842. The second kappa shape index (κ2) is 18.4. The predicted octanol–water partition coefficient (Wildman–Crippen LogP) is 4.09. The fraction of sp³-hybridized carbons (Fsp3) is 0.478. The van der Waals surface area contributed by atoms with E-state index in [1.807, 2.05) is 52.8 Å². The van der Waals surface area contributed by atoms with Crippen LogP contribution in [0.3, 0.4) is 0 Å². The van der Waals surface area contributed by atoms with Gasteiger partial charge in [-0.1, -0.05) is 49.0 Å². The van der Waals surface area contributed by atoms with Crippen LogP contribution in [0.5, 0.6) is 0 Å². The highest BCUT2D eigenvalue weighted by Gasteiger charge is 2.07. The van der Waals surface area contributed by atoms with Gasteiger partial charge in [0, 0.05) is 25.1 Å². The monoisotopic (exact) mass is 477 g/mol. The van der Waals surface area contributed by atoms with Crippen molar-refractivity contribution >= 4 is 28.4 Å². The quantitative estimate of drug-likeness (QED) is 0.226. The first-order valence-electron chi connectivity index (χ1n) is 11.2. The number of carbonyl (C=O) groups excluding carboxylic acids is 2. The van der Waals surface area contributed by atoms with E-state index >= 15 is 0 Å². The van der Waals surface area contributed by atoms with Crippen LogP contribution in [0.15, 0.2) is 47.5 Å². The van der Waals surface area contributed by atoms with Gasteiger partial charge in [-0.2, -0.15) is 0 Å². The molecule has 0 aliphatic heterocycles. The van der Waals surface area contributed by atoms with Crippen molar-refractivity contribution in [3.63, 3.8) is 0 Å². The summed E-state index contributed by atoms with van der Waals surface area (Å²) in [6, 6.07) is -0.285. The summed E-state index contributed by atoms with van der Waals surface area (Å²) in [6.07, 6.45) is 12.5. The number of rotatable bonds is 12. The molecule has 1 aromatic rings. The van der Waals surface area contributed by atoms with Crippen LogP contribution < -0.4 is 27.4 Å². The lowest BCUT2D eigenvalue weighted by Gasteiger charge is -2.05. The fourth-order valence-electron chi connectivity index (χ4n) is 2.41. The number of nitrogens with two attached hydrogens (primary N) is 2. The number of urea groups is 1. The van der Waals surface area contributed by atoms with Crippen LogP contribution in [0.1, 0.15) is 65.3 Å². The minimum atomic E-state index is -0.285. The summed E-state index contributed by atoms with van der Waals surface area (Å²) >= 11 is 1.36. The standard InChI is InChI=1S/C21H33N7O2S.C2H6/c1-4-6-9-15(3)14-18(29)25-17(23)13-12-16(22)10-7-8-11-19-27-28-21(31-19)26-20(30)24-5-2;1-2/h4,6,9,12-13H,5,7-8,10-11,14,22-23H2,1-3H3,(H,25,29)(H2,24,26,28,30);1-2H3/b6-4-,15-9+,16-12-,17-13+;. The molecule has 0 saturated heterocycles. The van der Waals surface area contributed by atoms with Gasteiger partial charge in [0.2, 0.25) is 11.0 Å². The molecule has 0 fully saturated rings. The van der Waals surface area contributed by atoms with E-state index in [0.29, 0.717) is 23.8 Å². The topological polar surface area (TPSA) is 148 Å². The van der Waals surface area contributed by atoms with Gasteiger partial charge < -0.3 is 22.1 Å². The number of aryl methyl sites for hydroxylation is 1. The Kier molecular flexibility index (Phi) is 16.7. The van der Waals surface area contributed by atoms with Crippen molar-refractivity contribution < 1.29 is 9.59 Å².